The van der Waals surface area contributed by atoms with Crippen LogP contribution in [0, 0.1) is 11.2 Å². The van der Waals surface area contributed by atoms with Crippen LogP contribution in [0.15, 0.2) is 18.2 Å². The fourth-order valence-corrected chi connectivity index (χ4v) is 3.94. The molecule has 1 aromatic rings. The number of nitrogens with one attached hydrogen (secondary N) is 1. The van der Waals surface area contributed by atoms with Gasteiger partial charge in [-0.3, -0.25) is 0 Å². The molecule has 26 heavy (non-hydrogen) atoms. The van der Waals surface area contributed by atoms with E-state index in [9.17, 15) is 9.18 Å². The van der Waals surface area contributed by atoms with E-state index < -0.39 is 5.60 Å². The van der Waals surface area contributed by atoms with Gasteiger partial charge in [0.1, 0.15) is 17.2 Å². The van der Waals surface area contributed by atoms with Crippen molar-refractivity contribution in [1.82, 2.24) is 10.2 Å². The van der Waals surface area contributed by atoms with Crippen LogP contribution in [0.3, 0.4) is 0 Å². The van der Waals surface area contributed by atoms with Gasteiger partial charge in [0.05, 0.1) is 12.6 Å². The molecule has 0 aromatic heterocycles. The number of amides is 2. The summed E-state index contributed by atoms with van der Waals surface area (Å²) in [5.74, 6) is 0.179. The molecule has 2 heterocycles. The van der Waals surface area contributed by atoms with Gasteiger partial charge in [0, 0.05) is 38.2 Å². The number of hydrogen-bond acceptors (Lipinski definition) is 3. The van der Waals surface area contributed by atoms with Gasteiger partial charge in [-0.1, -0.05) is 13.0 Å². The Bertz CT molecular complexity index is 669. The van der Waals surface area contributed by atoms with Gasteiger partial charge in [-0.25, -0.2) is 9.18 Å². The minimum atomic E-state index is -0.461. The highest BCUT2D eigenvalue weighted by Crippen LogP contribution is 2.40. The Hall–Kier alpha value is -1.82. The number of hydrogen-bond donors (Lipinski definition) is 1. The Morgan fingerprint density at radius 2 is 2.04 bits per heavy atom. The molecule has 1 unspecified atom stereocenters. The third kappa shape index (κ3) is 4.11. The minimum absolute atomic E-state index is 0.0672. The Balaban J connectivity index is 1.68. The molecule has 1 aromatic carbocycles. The average molecular weight is 364 g/mol. The van der Waals surface area contributed by atoms with Crippen molar-refractivity contribution in [1.29, 1.82) is 0 Å². The zero-order valence-corrected chi connectivity index (χ0v) is 16.1. The summed E-state index contributed by atoms with van der Waals surface area (Å²) in [4.78, 5) is 14.7. The highest BCUT2D eigenvalue weighted by atomic mass is 19.1. The molecule has 3 rings (SSSR count). The zero-order chi connectivity index (χ0) is 18.9. The van der Waals surface area contributed by atoms with Crippen LogP contribution in [-0.2, 0) is 4.74 Å². The zero-order valence-electron chi connectivity index (χ0n) is 16.1. The van der Waals surface area contributed by atoms with Crippen LogP contribution in [-0.4, -0.2) is 43.3 Å². The van der Waals surface area contributed by atoms with Crippen LogP contribution in [0.25, 0.3) is 0 Å². The van der Waals surface area contributed by atoms with Crippen molar-refractivity contribution in [2.75, 3.05) is 26.8 Å². The van der Waals surface area contributed by atoms with E-state index in [1.54, 1.807) is 13.2 Å². The predicted molar refractivity (Wildman–Crippen MR) is 97.8 cm³/mol. The normalized spacial score (nSPS) is 23.7. The van der Waals surface area contributed by atoms with Crippen molar-refractivity contribution in [2.45, 2.75) is 51.7 Å². The summed E-state index contributed by atoms with van der Waals surface area (Å²) >= 11 is 0. The van der Waals surface area contributed by atoms with Gasteiger partial charge in [-0.2, -0.15) is 0 Å². The molecule has 6 heteroatoms. The lowest BCUT2D eigenvalue weighted by atomic mass is 9.81. The molecule has 1 saturated heterocycles. The number of halogens is 1. The van der Waals surface area contributed by atoms with Crippen molar-refractivity contribution in [3.8, 4) is 5.75 Å². The molecule has 0 spiro atoms. The molecule has 1 fully saturated rings. The van der Waals surface area contributed by atoms with E-state index in [4.69, 9.17) is 9.47 Å². The number of rotatable bonds is 3. The fourth-order valence-electron chi connectivity index (χ4n) is 3.94. The third-order valence-corrected chi connectivity index (χ3v) is 5.48. The van der Waals surface area contributed by atoms with Crippen LogP contribution in [0.1, 0.15) is 51.6 Å². The molecule has 0 radical (unpaired) electrons. The minimum Gasteiger partial charge on any atom is -0.487 e. The lowest BCUT2D eigenvalue weighted by Crippen LogP contribution is -2.50. The largest absolute Gasteiger partial charge is 0.487 e. The second-order valence-electron chi connectivity index (χ2n) is 8.48. The Labute approximate surface area is 154 Å². The number of ether oxygens (including phenoxy) is 2. The maximum absolute atomic E-state index is 13.6. The first-order valence-corrected chi connectivity index (χ1v) is 9.24. The molecule has 1 N–H and O–H groups in total. The van der Waals surface area contributed by atoms with Gasteiger partial charge in [-0.05, 0) is 38.2 Å². The van der Waals surface area contributed by atoms with Crippen LogP contribution in [0.2, 0.25) is 0 Å². The highest BCUT2D eigenvalue weighted by molar-refractivity contribution is 5.75. The molecular formula is C20H29FN2O3. The predicted octanol–water partition coefficient (Wildman–Crippen LogP) is 3.89. The van der Waals surface area contributed by atoms with Gasteiger partial charge in [0.15, 0.2) is 0 Å². The van der Waals surface area contributed by atoms with Crippen molar-refractivity contribution in [2.24, 2.45) is 5.41 Å². The number of methoxy groups -OCH3 is 1. The van der Waals surface area contributed by atoms with E-state index in [1.807, 2.05) is 18.7 Å². The van der Waals surface area contributed by atoms with E-state index in [2.05, 4.69) is 12.2 Å². The summed E-state index contributed by atoms with van der Waals surface area (Å²) in [5.41, 5.74) is 0.508. The third-order valence-electron chi connectivity index (χ3n) is 5.48. The van der Waals surface area contributed by atoms with E-state index in [1.165, 1.54) is 12.1 Å². The topological polar surface area (TPSA) is 50.8 Å². The standard InChI is InChI=1S/C20H29FN2O3/c1-19(2)12-16(15-6-5-14(21)11-17(15)26-19)22-18(24)23-9-7-20(3,8-10-23)13-25-4/h5-6,11,16H,7-10,12-13H2,1-4H3,(H,22,24). The summed E-state index contributed by atoms with van der Waals surface area (Å²) < 4.78 is 24.8. The monoisotopic (exact) mass is 364 g/mol. The maximum atomic E-state index is 13.6. The van der Waals surface area contributed by atoms with Crippen LogP contribution >= 0.6 is 0 Å². The quantitative estimate of drug-likeness (QED) is 0.885. The Kier molecular flexibility index (Phi) is 5.15. The number of carbonyl (C=O) groups is 1. The molecule has 0 saturated carbocycles. The summed E-state index contributed by atoms with van der Waals surface area (Å²) in [6, 6.07) is 4.26. The van der Waals surface area contributed by atoms with Crippen molar-refractivity contribution in [3.63, 3.8) is 0 Å². The van der Waals surface area contributed by atoms with Gasteiger partial charge in [-0.15, -0.1) is 0 Å². The number of fused-ring (bicyclic) bond motifs is 1. The molecule has 2 amide bonds. The summed E-state index contributed by atoms with van der Waals surface area (Å²) in [6.07, 6.45) is 2.50. The number of nitrogens with zero attached hydrogens (tertiary/aromatic N) is 1. The van der Waals surface area contributed by atoms with Crippen LogP contribution in [0.5, 0.6) is 5.75 Å². The van der Waals surface area contributed by atoms with E-state index in [-0.39, 0.29) is 23.3 Å². The molecule has 2 aliphatic heterocycles. The lowest BCUT2D eigenvalue weighted by molar-refractivity contribution is 0.0408. The van der Waals surface area contributed by atoms with Crippen LogP contribution < -0.4 is 10.1 Å². The molecular weight excluding hydrogens is 335 g/mol. The van der Waals surface area contributed by atoms with Gasteiger partial charge >= 0.3 is 6.03 Å². The average Bonchev–Trinajstić information content (AvgIpc) is 2.53. The molecule has 144 valence electrons. The fraction of sp³-hybridized carbons (Fsp3) is 0.650. The highest BCUT2D eigenvalue weighted by Gasteiger charge is 2.37. The Morgan fingerprint density at radius 1 is 1.35 bits per heavy atom. The molecule has 0 bridgehead atoms. The number of benzene rings is 1. The molecule has 2 aliphatic rings. The second-order valence-corrected chi connectivity index (χ2v) is 8.48. The molecule has 1 atom stereocenters. The number of likely N-dealkylation sites (tertiary alicyclic amines) is 1. The summed E-state index contributed by atoms with van der Waals surface area (Å²) in [5, 5.41) is 3.13. The second kappa shape index (κ2) is 7.06. The van der Waals surface area contributed by atoms with Gasteiger partial charge in [0.25, 0.3) is 0 Å². The van der Waals surface area contributed by atoms with Crippen molar-refractivity contribution >= 4 is 6.03 Å². The molecule has 5 nitrogen and oxygen atoms in total. The van der Waals surface area contributed by atoms with Gasteiger partial charge in [0.2, 0.25) is 0 Å². The smallest absolute Gasteiger partial charge is 0.317 e. The Morgan fingerprint density at radius 3 is 2.69 bits per heavy atom. The first kappa shape index (κ1) is 19.0. The number of carbonyl (C=O) groups excluding carboxylic acids is 1. The van der Waals surface area contributed by atoms with Crippen molar-refractivity contribution < 1.29 is 18.7 Å². The molecule has 0 aliphatic carbocycles. The van der Waals surface area contributed by atoms with Crippen molar-refractivity contribution in [3.05, 3.63) is 29.6 Å². The van der Waals surface area contributed by atoms with Gasteiger partial charge < -0.3 is 19.7 Å². The van der Waals surface area contributed by atoms with Crippen LogP contribution in [0.4, 0.5) is 9.18 Å². The van der Waals surface area contributed by atoms with E-state index >= 15 is 0 Å². The number of piperidine rings is 1. The first-order valence-electron chi connectivity index (χ1n) is 9.24. The number of urea groups is 1. The van der Waals surface area contributed by atoms with E-state index in [0.717, 1.165) is 25.0 Å². The van der Waals surface area contributed by atoms with E-state index in [0.29, 0.717) is 25.3 Å². The summed E-state index contributed by atoms with van der Waals surface area (Å²) in [6.45, 7) is 8.27. The maximum Gasteiger partial charge on any atom is 0.317 e. The summed E-state index contributed by atoms with van der Waals surface area (Å²) in [7, 11) is 1.72. The lowest BCUT2D eigenvalue weighted by Gasteiger charge is -2.41. The SMILES string of the molecule is COCC1(C)CCN(C(=O)NC2CC(C)(C)Oc3cc(F)ccc32)CC1. The first-order chi connectivity index (χ1) is 12.2.